The molecule has 2 heteroatoms. The SMILES string of the molecule is CC1(C)c2ccc(O)cc2C2CCNC1C2. The number of hydrogen-bond donors (Lipinski definition) is 2. The van der Waals surface area contributed by atoms with Crippen LogP contribution in [0.2, 0.25) is 0 Å². The van der Waals surface area contributed by atoms with E-state index in [0.29, 0.717) is 17.7 Å². The minimum atomic E-state index is 0.181. The first-order valence-electron chi connectivity index (χ1n) is 6.16. The van der Waals surface area contributed by atoms with E-state index in [2.05, 4.69) is 25.2 Å². The van der Waals surface area contributed by atoms with Crippen molar-refractivity contribution in [1.82, 2.24) is 5.32 Å². The summed E-state index contributed by atoms with van der Waals surface area (Å²) in [6.07, 6.45) is 2.41. The second kappa shape index (κ2) is 3.24. The highest BCUT2D eigenvalue weighted by Gasteiger charge is 2.42. The quantitative estimate of drug-likeness (QED) is 0.700. The average molecular weight is 217 g/mol. The van der Waals surface area contributed by atoms with Gasteiger partial charge in [0.25, 0.3) is 0 Å². The van der Waals surface area contributed by atoms with Gasteiger partial charge in [0.05, 0.1) is 0 Å². The molecule has 0 aromatic heterocycles. The first-order valence-corrected chi connectivity index (χ1v) is 6.16. The number of phenolic OH excluding ortho intramolecular Hbond substituents is 1. The van der Waals surface area contributed by atoms with Gasteiger partial charge in [0.2, 0.25) is 0 Å². The summed E-state index contributed by atoms with van der Waals surface area (Å²) < 4.78 is 0. The monoisotopic (exact) mass is 217 g/mol. The number of fused-ring (bicyclic) bond motifs is 4. The van der Waals surface area contributed by atoms with E-state index in [-0.39, 0.29) is 5.41 Å². The summed E-state index contributed by atoms with van der Waals surface area (Å²) >= 11 is 0. The fourth-order valence-electron chi connectivity index (χ4n) is 3.41. The first kappa shape index (κ1) is 10.2. The largest absolute Gasteiger partial charge is 0.508 e. The zero-order valence-electron chi connectivity index (χ0n) is 9.96. The summed E-state index contributed by atoms with van der Waals surface area (Å²) in [5, 5.41) is 13.3. The molecule has 16 heavy (non-hydrogen) atoms. The molecule has 0 spiro atoms. The van der Waals surface area contributed by atoms with Crippen LogP contribution in [0.4, 0.5) is 0 Å². The third-order valence-electron chi connectivity index (χ3n) is 4.44. The number of hydrogen-bond acceptors (Lipinski definition) is 2. The van der Waals surface area contributed by atoms with Crippen LogP contribution < -0.4 is 5.32 Å². The molecule has 1 aromatic rings. The summed E-state index contributed by atoms with van der Waals surface area (Å²) in [7, 11) is 0. The Bertz CT molecular complexity index is 425. The Morgan fingerprint density at radius 2 is 2.19 bits per heavy atom. The minimum Gasteiger partial charge on any atom is -0.508 e. The smallest absolute Gasteiger partial charge is 0.115 e. The Hall–Kier alpha value is -1.02. The van der Waals surface area contributed by atoms with Crippen LogP contribution in [0.5, 0.6) is 5.75 Å². The second-order valence-corrected chi connectivity index (χ2v) is 5.72. The molecule has 1 heterocycles. The van der Waals surface area contributed by atoms with Crippen LogP contribution in [0, 0.1) is 0 Å². The normalized spacial score (nSPS) is 30.9. The van der Waals surface area contributed by atoms with Crippen molar-refractivity contribution in [2.75, 3.05) is 6.54 Å². The fourth-order valence-corrected chi connectivity index (χ4v) is 3.41. The van der Waals surface area contributed by atoms with Crippen LogP contribution in [0.3, 0.4) is 0 Å². The zero-order chi connectivity index (χ0) is 11.3. The molecule has 1 fully saturated rings. The molecular weight excluding hydrogens is 198 g/mol. The van der Waals surface area contributed by atoms with Crippen LogP contribution >= 0.6 is 0 Å². The van der Waals surface area contributed by atoms with E-state index in [0.717, 1.165) is 6.54 Å². The van der Waals surface area contributed by atoms with Crippen molar-refractivity contribution in [2.24, 2.45) is 0 Å². The molecule has 1 aliphatic heterocycles. The highest BCUT2D eigenvalue weighted by Crippen LogP contribution is 2.46. The summed E-state index contributed by atoms with van der Waals surface area (Å²) in [6, 6.07) is 6.49. The van der Waals surface area contributed by atoms with Crippen molar-refractivity contribution < 1.29 is 5.11 Å². The van der Waals surface area contributed by atoms with E-state index in [4.69, 9.17) is 0 Å². The van der Waals surface area contributed by atoms with Crippen molar-refractivity contribution in [3.05, 3.63) is 29.3 Å². The van der Waals surface area contributed by atoms with Crippen LogP contribution in [0.1, 0.15) is 43.7 Å². The molecule has 2 nitrogen and oxygen atoms in total. The molecule has 2 aliphatic rings. The fraction of sp³-hybridized carbons (Fsp3) is 0.571. The highest BCUT2D eigenvalue weighted by atomic mass is 16.3. The van der Waals surface area contributed by atoms with Crippen LogP contribution in [0.15, 0.2) is 18.2 Å². The van der Waals surface area contributed by atoms with Crippen LogP contribution in [-0.4, -0.2) is 17.7 Å². The summed E-state index contributed by atoms with van der Waals surface area (Å²) in [5.41, 5.74) is 2.97. The third-order valence-corrected chi connectivity index (χ3v) is 4.44. The van der Waals surface area contributed by atoms with Gasteiger partial charge in [0.1, 0.15) is 5.75 Å². The molecule has 1 saturated heterocycles. The van der Waals surface area contributed by atoms with Gasteiger partial charge < -0.3 is 10.4 Å². The molecule has 2 atom stereocenters. The third kappa shape index (κ3) is 1.29. The number of rotatable bonds is 0. The molecular formula is C14H19NO. The van der Waals surface area contributed by atoms with E-state index in [1.54, 1.807) is 0 Å². The lowest BCUT2D eigenvalue weighted by Crippen LogP contribution is -2.52. The topological polar surface area (TPSA) is 32.3 Å². The predicted octanol–water partition coefficient (Wildman–Crippen LogP) is 2.52. The van der Waals surface area contributed by atoms with Crippen molar-refractivity contribution >= 4 is 0 Å². The maximum atomic E-state index is 9.64. The van der Waals surface area contributed by atoms with Gasteiger partial charge in [-0.1, -0.05) is 19.9 Å². The van der Waals surface area contributed by atoms with Gasteiger partial charge in [-0.15, -0.1) is 0 Å². The van der Waals surface area contributed by atoms with Crippen molar-refractivity contribution in [3.63, 3.8) is 0 Å². The van der Waals surface area contributed by atoms with E-state index in [1.165, 1.54) is 24.0 Å². The standard InChI is InChI=1S/C14H19NO/c1-14(2)12-4-3-10(16)8-11(12)9-5-6-15-13(14)7-9/h3-4,8-9,13,15-16H,5-7H2,1-2H3. The van der Waals surface area contributed by atoms with E-state index < -0.39 is 0 Å². The summed E-state index contributed by atoms with van der Waals surface area (Å²) in [5.74, 6) is 1.05. The lowest BCUT2D eigenvalue weighted by atomic mass is 9.63. The van der Waals surface area contributed by atoms with E-state index >= 15 is 0 Å². The van der Waals surface area contributed by atoms with E-state index in [1.807, 2.05) is 12.1 Å². The van der Waals surface area contributed by atoms with Crippen molar-refractivity contribution in [1.29, 1.82) is 0 Å². The maximum Gasteiger partial charge on any atom is 0.115 e. The van der Waals surface area contributed by atoms with Gasteiger partial charge in [0, 0.05) is 11.5 Å². The Morgan fingerprint density at radius 1 is 1.38 bits per heavy atom. The number of phenols is 1. The predicted molar refractivity (Wildman–Crippen MR) is 64.9 cm³/mol. The Balaban J connectivity index is 2.18. The Labute approximate surface area is 96.7 Å². The van der Waals surface area contributed by atoms with Crippen molar-refractivity contribution in [3.8, 4) is 5.75 Å². The average Bonchev–Trinajstić information content (AvgIpc) is 2.27. The van der Waals surface area contributed by atoms with Gasteiger partial charge in [0.15, 0.2) is 0 Å². The zero-order valence-corrected chi connectivity index (χ0v) is 9.96. The molecule has 1 aromatic carbocycles. The molecule has 0 saturated carbocycles. The van der Waals surface area contributed by atoms with Gasteiger partial charge >= 0.3 is 0 Å². The number of aromatic hydroxyl groups is 1. The van der Waals surface area contributed by atoms with Gasteiger partial charge in [-0.2, -0.15) is 0 Å². The number of piperidine rings is 1. The Morgan fingerprint density at radius 3 is 3.00 bits per heavy atom. The summed E-state index contributed by atoms with van der Waals surface area (Å²) in [6.45, 7) is 5.72. The first-order chi connectivity index (χ1) is 7.59. The number of benzene rings is 1. The molecule has 3 rings (SSSR count). The highest BCUT2D eigenvalue weighted by molar-refractivity contribution is 5.45. The maximum absolute atomic E-state index is 9.64. The van der Waals surface area contributed by atoms with Gasteiger partial charge in [-0.25, -0.2) is 0 Å². The lowest BCUT2D eigenvalue weighted by molar-refractivity contribution is 0.236. The Kier molecular flexibility index (Phi) is 2.05. The molecule has 2 N–H and O–H groups in total. The van der Waals surface area contributed by atoms with Crippen LogP contribution in [0.25, 0.3) is 0 Å². The second-order valence-electron chi connectivity index (χ2n) is 5.72. The number of nitrogens with one attached hydrogen (secondary N) is 1. The lowest BCUT2D eigenvalue weighted by Gasteiger charge is -2.47. The molecule has 2 unspecified atom stereocenters. The molecule has 1 aliphatic carbocycles. The van der Waals surface area contributed by atoms with E-state index in [9.17, 15) is 5.11 Å². The molecule has 2 bridgehead atoms. The van der Waals surface area contributed by atoms with Gasteiger partial charge in [-0.3, -0.25) is 0 Å². The summed E-state index contributed by atoms with van der Waals surface area (Å²) in [4.78, 5) is 0. The molecule has 86 valence electrons. The van der Waals surface area contributed by atoms with Crippen LogP contribution in [-0.2, 0) is 5.41 Å². The van der Waals surface area contributed by atoms with Crippen molar-refractivity contribution in [2.45, 2.75) is 44.1 Å². The molecule has 0 amide bonds. The van der Waals surface area contributed by atoms with Gasteiger partial charge in [-0.05, 0) is 48.6 Å². The molecule has 0 radical (unpaired) electrons. The minimum absolute atomic E-state index is 0.181.